The minimum absolute atomic E-state index is 0.109. The summed E-state index contributed by atoms with van der Waals surface area (Å²) in [5, 5.41) is 22.2. The van der Waals surface area contributed by atoms with Gasteiger partial charge in [0.1, 0.15) is 5.82 Å². The van der Waals surface area contributed by atoms with Gasteiger partial charge in [-0.2, -0.15) is 13.2 Å². The predicted molar refractivity (Wildman–Crippen MR) is 83.2 cm³/mol. The zero-order valence-corrected chi connectivity index (χ0v) is 12.9. The zero-order valence-electron chi connectivity index (χ0n) is 12.9. The first-order valence-electron chi connectivity index (χ1n) is 7.21. The van der Waals surface area contributed by atoms with Crippen molar-refractivity contribution in [1.29, 1.82) is 0 Å². The lowest BCUT2D eigenvalue weighted by Gasteiger charge is -2.07. The summed E-state index contributed by atoms with van der Waals surface area (Å²) in [5.74, 6) is -0.948. The molecule has 12 heteroatoms. The second-order valence-corrected chi connectivity index (χ2v) is 5.68. The number of fused-ring (bicyclic) bond motifs is 5. The number of hydrogen-bond donors (Lipinski definition) is 0. The fourth-order valence-electron chi connectivity index (χ4n) is 3.01. The average molecular weight is 378 g/mol. The van der Waals surface area contributed by atoms with Gasteiger partial charge in [0.05, 0.1) is 26.5 Å². The number of nitro groups is 2. The van der Waals surface area contributed by atoms with Crippen molar-refractivity contribution in [2.45, 2.75) is 6.18 Å². The molecule has 0 N–H and O–H groups in total. The molecule has 9 nitrogen and oxygen atoms in total. The maximum Gasteiger partial charge on any atom is 0.416 e. The molecule has 27 heavy (non-hydrogen) atoms. The van der Waals surface area contributed by atoms with Gasteiger partial charge in [-0.3, -0.25) is 29.6 Å². The van der Waals surface area contributed by atoms with Gasteiger partial charge < -0.3 is 0 Å². The lowest BCUT2D eigenvalue weighted by atomic mass is 10.1. The fourth-order valence-corrected chi connectivity index (χ4v) is 3.01. The maximum atomic E-state index is 13.0. The van der Waals surface area contributed by atoms with Crippen molar-refractivity contribution in [1.82, 2.24) is 9.55 Å². The number of nitrogens with zero attached hydrogens (tertiary/aromatic N) is 4. The van der Waals surface area contributed by atoms with Crippen molar-refractivity contribution >= 4 is 28.3 Å². The monoisotopic (exact) mass is 378 g/mol. The second kappa shape index (κ2) is 5.09. The molecule has 1 aliphatic rings. The number of non-ortho nitro benzene ring substituents is 2. The zero-order chi connectivity index (χ0) is 19.7. The molecule has 0 radical (unpaired) electrons. The van der Waals surface area contributed by atoms with Gasteiger partial charge in [-0.05, 0) is 12.1 Å². The van der Waals surface area contributed by atoms with Crippen LogP contribution in [0.25, 0.3) is 22.4 Å². The standard InChI is InChI=1S/C15H5F3N4O5/c16-15(17,18)6-3-10-12(11(4-6)22(26)27)20-13(19-10)8-2-1-7(21(24)25)5-9(8)14(20)23/h1-5H. The van der Waals surface area contributed by atoms with E-state index in [1.54, 1.807) is 0 Å². The highest BCUT2D eigenvalue weighted by Gasteiger charge is 2.38. The fraction of sp³-hybridized carbons (Fsp3) is 0.0667. The van der Waals surface area contributed by atoms with E-state index in [1.807, 2.05) is 0 Å². The normalized spacial score (nSPS) is 12.9. The molecule has 0 fully saturated rings. The molecule has 4 rings (SSSR count). The number of benzene rings is 2. The predicted octanol–water partition coefficient (Wildman–Crippen LogP) is 3.54. The molecule has 0 amide bonds. The average Bonchev–Trinajstić information content (AvgIpc) is 3.09. The highest BCUT2D eigenvalue weighted by atomic mass is 19.4. The summed E-state index contributed by atoms with van der Waals surface area (Å²) in [4.78, 5) is 37.0. The Bertz CT molecular complexity index is 1200. The number of aromatic nitrogens is 2. The quantitative estimate of drug-likeness (QED) is 0.388. The lowest BCUT2D eigenvalue weighted by Crippen LogP contribution is -2.10. The topological polar surface area (TPSA) is 121 Å². The van der Waals surface area contributed by atoms with E-state index in [2.05, 4.69) is 4.98 Å². The lowest BCUT2D eigenvalue weighted by molar-refractivity contribution is -0.384. The molecule has 0 saturated carbocycles. The van der Waals surface area contributed by atoms with Gasteiger partial charge in [0.15, 0.2) is 5.52 Å². The van der Waals surface area contributed by atoms with Gasteiger partial charge in [0.25, 0.3) is 17.3 Å². The summed E-state index contributed by atoms with van der Waals surface area (Å²) in [6.45, 7) is 0. The first-order chi connectivity index (χ1) is 12.6. The van der Waals surface area contributed by atoms with E-state index in [9.17, 15) is 38.2 Å². The number of hydrogen-bond acceptors (Lipinski definition) is 6. The molecule has 0 aliphatic carbocycles. The van der Waals surface area contributed by atoms with Crippen LogP contribution in [-0.4, -0.2) is 25.3 Å². The van der Waals surface area contributed by atoms with Crippen LogP contribution >= 0.6 is 0 Å². The van der Waals surface area contributed by atoms with E-state index < -0.39 is 38.7 Å². The number of halogens is 3. The van der Waals surface area contributed by atoms with Crippen molar-refractivity contribution in [3.8, 4) is 11.4 Å². The maximum absolute atomic E-state index is 13.0. The van der Waals surface area contributed by atoms with Crippen molar-refractivity contribution in [2.24, 2.45) is 0 Å². The van der Waals surface area contributed by atoms with E-state index in [0.717, 1.165) is 16.7 Å². The molecule has 0 unspecified atom stereocenters. The number of carbonyl (C=O) groups is 1. The molecular formula is C15H5F3N4O5. The van der Waals surface area contributed by atoms with Gasteiger partial charge in [-0.1, -0.05) is 0 Å². The van der Waals surface area contributed by atoms with Gasteiger partial charge in [0, 0.05) is 23.8 Å². The number of rotatable bonds is 2. The van der Waals surface area contributed by atoms with Crippen LogP contribution in [-0.2, 0) is 6.18 Å². The summed E-state index contributed by atoms with van der Waals surface area (Å²) >= 11 is 0. The van der Waals surface area contributed by atoms with Crippen LogP contribution in [0.2, 0.25) is 0 Å². The van der Waals surface area contributed by atoms with Crippen LogP contribution in [0.4, 0.5) is 24.5 Å². The molecule has 0 atom stereocenters. The van der Waals surface area contributed by atoms with Crippen molar-refractivity contribution in [3.63, 3.8) is 0 Å². The van der Waals surface area contributed by atoms with E-state index >= 15 is 0 Å². The first-order valence-corrected chi connectivity index (χ1v) is 7.21. The number of alkyl halides is 3. The van der Waals surface area contributed by atoms with Crippen LogP contribution in [0.15, 0.2) is 30.3 Å². The van der Waals surface area contributed by atoms with E-state index in [0.29, 0.717) is 12.1 Å². The molecule has 0 bridgehead atoms. The third-order valence-corrected chi connectivity index (χ3v) is 4.14. The number of nitro benzene ring substituents is 2. The molecule has 1 aliphatic heterocycles. The minimum Gasteiger partial charge on any atom is -0.268 e. The Morgan fingerprint density at radius 3 is 2.30 bits per heavy atom. The second-order valence-electron chi connectivity index (χ2n) is 5.68. The molecule has 1 aromatic heterocycles. The van der Waals surface area contributed by atoms with E-state index in [1.165, 1.54) is 6.07 Å². The van der Waals surface area contributed by atoms with Gasteiger partial charge in [0.2, 0.25) is 0 Å². The van der Waals surface area contributed by atoms with Gasteiger partial charge >= 0.3 is 6.18 Å². The molecule has 0 saturated heterocycles. The number of imidazole rings is 1. The van der Waals surface area contributed by atoms with Gasteiger partial charge in [-0.25, -0.2) is 4.98 Å². The third kappa shape index (κ3) is 2.26. The van der Waals surface area contributed by atoms with Crippen molar-refractivity contribution in [2.75, 3.05) is 0 Å². The summed E-state index contributed by atoms with van der Waals surface area (Å²) in [6.07, 6.45) is -4.84. The Kier molecular flexibility index (Phi) is 3.14. The Labute approximate surface area is 145 Å². The third-order valence-electron chi connectivity index (χ3n) is 4.14. The summed E-state index contributed by atoms with van der Waals surface area (Å²) in [6, 6.07) is 4.28. The minimum atomic E-state index is -4.84. The van der Waals surface area contributed by atoms with Crippen LogP contribution < -0.4 is 0 Å². The Balaban J connectivity index is 2.05. The Morgan fingerprint density at radius 1 is 1.00 bits per heavy atom. The van der Waals surface area contributed by atoms with Crippen molar-refractivity contribution in [3.05, 3.63) is 61.7 Å². The molecule has 2 heterocycles. The molecule has 2 aromatic carbocycles. The largest absolute Gasteiger partial charge is 0.416 e. The van der Waals surface area contributed by atoms with Crippen LogP contribution in [0.3, 0.4) is 0 Å². The number of carbonyl (C=O) groups excluding carboxylic acids is 1. The SMILES string of the molecule is O=C1c2cc([N+](=O)[O-])ccc2-c2nc3cc(C(F)(F)F)cc([N+](=O)[O-])c3n21. The van der Waals surface area contributed by atoms with Gasteiger partial charge in [-0.15, -0.1) is 0 Å². The van der Waals surface area contributed by atoms with E-state index in [4.69, 9.17) is 0 Å². The summed E-state index contributed by atoms with van der Waals surface area (Å²) in [7, 11) is 0. The Hall–Kier alpha value is -3.83. The Morgan fingerprint density at radius 2 is 1.70 bits per heavy atom. The first kappa shape index (κ1) is 16.6. The molecular weight excluding hydrogens is 373 g/mol. The summed E-state index contributed by atoms with van der Waals surface area (Å²) < 4.78 is 39.8. The van der Waals surface area contributed by atoms with Crippen molar-refractivity contribution < 1.29 is 27.8 Å². The highest BCUT2D eigenvalue weighted by Crippen LogP contribution is 2.41. The van der Waals surface area contributed by atoms with E-state index in [-0.39, 0.29) is 28.2 Å². The van der Waals surface area contributed by atoms with Crippen LogP contribution in [0.1, 0.15) is 15.9 Å². The van der Waals surface area contributed by atoms with Crippen LogP contribution in [0, 0.1) is 20.2 Å². The highest BCUT2D eigenvalue weighted by molar-refractivity contribution is 6.14. The summed E-state index contributed by atoms with van der Waals surface area (Å²) in [5.41, 5.74) is -3.31. The smallest absolute Gasteiger partial charge is 0.268 e. The van der Waals surface area contributed by atoms with Crippen LogP contribution in [0.5, 0.6) is 0 Å². The molecule has 3 aromatic rings. The molecule has 0 spiro atoms. The molecule has 136 valence electrons.